The summed E-state index contributed by atoms with van der Waals surface area (Å²) in [6.07, 6.45) is 3.24. The first-order valence-corrected chi connectivity index (χ1v) is 8.38. The molecule has 0 aliphatic heterocycles. The number of aromatic amines is 1. The predicted molar refractivity (Wildman–Crippen MR) is 100.0 cm³/mol. The van der Waals surface area contributed by atoms with Crippen LogP contribution in [0.1, 0.15) is 29.1 Å². The number of amides is 1. The van der Waals surface area contributed by atoms with Crippen LogP contribution in [0, 0.1) is 0 Å². The minimum absolute atomic E-state index is 0.0245. The minimum atomic E-state index is -0.485. The van der Waals surface area contributed by atoms with E-state index in [-0.39, 0.29) is 11.0 Å². The normalized spacial score (nSPS) is 12.2. The second kappa shape index (κ2) is 6.56. The fourth-order valence-corrected chi connectivity index (χ4v) is 2.99. The maximum absolute atomic E-state index is 12.7. The van der Waals surface area contributed by atoms with Crippen molar-refractivity contribution in [2.45, 2.75) is 13.0 Å². The Morgan fingerprint density at radius 2 is 2.11 bits per heavy atom. The van der Waals surface area contributed by atoms with Crippen molar-refractivity contribution in [3.63, 3.8) is 0 Å². The highest BCUT2D eigenvalue weighted by Gasteiger charge is 2.19. The van der Waals surface area contributed by atoms with Gasteiger partial charge in [0.05, 0.1) is 13.2 Å². The van der Waals surface area contributed by atoms with Crippen molar-refractivity contribution in [2.75, 3.05) is 7.11 Å². The summed E-state index contributed by atoms with van der Waals surface area (Å²) in [5.41, 5.74) is 0.980. The predicted octanol–water partition coefficient (Wildman–Crippen LogP) is 2.07. The van der Waals surface area contributed by atoms with Crippen molar-refractivity contribution >= 4 is 22.5 Å². The molecular weight excluding hydrogens is 346 g/mol. The van der Waals surface area contributed by atoms with E-state index < -0.39 is 11.9 Å². The summed E-state index contributed by atoms with van der Waals surface area (Å²) in [5, 5.41) is 11.4. The molecule has 0 aliphatic carbocycles. The highest BCUT2D eigenvalue weighted by molar-refractivity contribution is 5.97. The third kappa shape index (κ3) is 2.91. The lowest BCUT2D eigenvalue weighted by Gasteiger charge is -2.12. The Morgan fingerprint density at radius 3 is 2.93 bits per heavy atom. The van der Waals surface area contributed by atoms with Gasteiger partial charge in [-0.05, 0) is 37.3 Å². The van der Waals surface area contributed by atoms with Gasteiger partial charge in [-0.3, -0.25) is 14.0 Å². The number of fused-ring (bicyclic) bond motifs is 2. The number of hydrogen-bond donors (Lipinski definition) is 2. The molecule has 136 valence electrons. The molecule has 27 heavy (non-hydrogen) atoms. The monoisotopic (exact) mass is 363 g/mol. The maximum atomic E-state index is 12.7. The van der Waals surface area contributed by atoms with Crippen LogP contribution >= 0.6 is 0 Å². The highest BCUT2D eigenvalue weighted by Crippen LogP contribution is 2.17. The van der Waals surface area contributed by atoms with Gasteiger partial charge in [0.2, 0.25) is 5.43 Å². The van der Waals surface area contributed by atoms with Crippen LogP contribution in [-0.4, -0.2) is 32.6 Å². The molecule has 1 amide bonds. The van der Waals surface area contributed by atoms with Crippen molar-refractivity contribution in [3.8, 4) is 5.75 Å². The molecule has 0 saturated carbocycles. The van der Waals surface area contributed by atoms with Gasteiger partial charge in [-0.15, -0.1) is 10.2 Å². The second-order valence-electron chi connectivity index (χ2n) is 6.13. The van der Waals surface area contributed by atoms with Crippen molar-refractivity contribution in [1.82, 2.24) is 24.9 Å². The SMILES string of the molecule is COc1ccc2[nH]cc(C(=O)N[C@H](C)c3nnc4ccccn34)c(=O)c2c1. The lowest BCUT2D eigenvalue weighted by molar-refractivity contribution is 0.0937. The van der Waals surface area contributed by atoms with E-state index in [1.807, 2.05) is 24.4 Å². The number of methoxy groups -OCH3 is 1. The van der Waals surface area contributed by atoms with Crippen LogP contribution in [0.2, 0.25) is 0 Å². The van der Waals surface area contributed by atoms with E-state index >= 15 is 0 Å². The van der Waals surface area contributed by atoms with Crippen LogP contribution in [0.15, 0.2) is 53.6 Å². The number of carbonyl (C=O) groups excluding carboxylic acids is 1. The molecule has 0 aliphatic rings. The van der Waals surface area contributed by atoms with E-state index in [4.69, 9.17) is 4.74 Å². The van der Waals surface area contributed by atoms with E-state index in [0.29, 0.717) is 28.1 Å². The zero-order valence-electron chi connectivity index (χ0n) is 14.8. The standard InChI is InChI=1S/C19H17N5O3/c1-11(18-23-22-16-5-3-4-8-24(16)18)21-19(26)14-10-20-15-7-6-12(27-2)9-13(15)17(14)25/h3-11H,1-2H3,(H,20,25)(H,21,26)/t11-/m1/s1. The van der Waals surface area contributed by atoms with Crippen molar-refractivity contribution in [1.29, 1.82) is 0 Å². The molecule has 0 fully saturated rings. The average molecular weight is 363 g/mol. The average Bonchev–Trinajstić information content (AvgIpc) is 3.12. The van der Waals surface area contributed by atoms with Crippen LogP contribution < -0.4 is 15.5 Å². The summed E-state index contributed by atoms with van der Waals surface area (Å²) in [5.74, 6) is 0.646. The lowest BCUT2D eigenvalue weighted by atomic mass is 10.1. The topological polar surface area (TPSA) is 101 Å². The van der Waals surface area contributed by atoms with Crippen LogP contribution in [-0.2, 0) is 0 Å². The Morgan fingerprint density at radius 1 is 1.26 bits per heavy atom. The number of hydrogen-bond acceptors (Lipinski definition) is 5. The Bertz CT molecular complexity index is 1210. The number of rotatable bonds is 4. The fourth-order valence-electron chi connectivity index (χ4n) is 2.99. The van der Waals surface area contributed by atoms with Gasteiger partial charge in [0.1, 0.15) is 11.3 Å². The smallest absolute Gasteiger partial charge is 0.257 e. The van der Waals surface area contributed by atoms with Gasteiger partial charge in [0.15, 0.2) is 11.5 Å². The van der Waals surface area contributed by atoms with Gasteiger partial charge >= 0.3 is 0 Å². The van der Waals surface area contributed by atoms with E-state index in [9.17, 15) is 9.59 Å². The summed E-state index contributed by atoms with van der Waals surface area (Å²) in [6.45, 7) is 1.79. The minimum Gasteiger partial charge on any atom is -0.497 e. The molecule has 0 unspecified atom stereocenters. The van der Waals surface area contributed by atoms with Crippen molar-refractivity contribution in [3.05, 3.63) is 70.4 Å². The third-order valence-electron chi connectivity index (χ3n) is 4.41. The first-order chi connectivity index (χ1) is 13.1. The van der Waals surface area contributed by atoms with Crippen molar-refractivity contribution in [2.24, 2.45) is 0 Å². The molecule has 0 spiro atoms. The Balaban J connectivity index is 1.66. The molecule has 0 saturated heterocycles. The molecule has 8 heteroatoms. The largest absolute Gasteiger partial charge is 0.497 e. The summed E-state index contributed by atoms with van der Waals surface area (Å²) in [4.78, 5) is 28.4. The number of H-pyrrole nitrogens is 1. The molecule has 1 atom stereocenters. The molecular formula is C19H17N5O3. The lowest BCUT2D eigenvalue weighted by Crippen LogP contribution is -2.32. The first-order valence-electron chi connectivity index (χ1n) is 8.38. The van der Waals surface area contributed by atoms with Gasteiger partial charge in [-0.1, -0.05) is 6.07 Å². The van der Waals surface area contributed by atoms with Gasteiger partial charge in [-0.2, -0.15) is 0 Å². The quantitative estimate of drug-likeness (QED) is 0.578. The van der Waals surface area contributed by atoms with Crippen molar-refractivity contribution < 1.29 is 9.53 Å². The third-order valence-corrected chi connectivity index (χ3v) is 4.41. The molecule has 4 aromatic rings. The second-order valence-corrected chi connectivity index (χ2v) is 6.13. The van der Waals surface area contributed by atoms with E-state index in [1.54, 1.807) is 29.5 Å². The zero-order valence-corrected chi connectivity index (χ0v) is 14.8. The number of aromatic nitrogens is 4. The summed E-state index contributed by atoms with van der Waals surface area (Å²) < 4.78 is 6.95. The molecule has 4 rings (SSSR count). The maximum Gasteiger partial charge on any atom is 0.257 e. The van der Waals surface area contributed by atoms with Gasteiger partial charge in [-0.25, -0.2) is 0 Å². The number of ether oxygens (including phenoxy) is 1. The number of nitrogens with one attached hydrogen (secondary N) is 2. The van der Waals surface area contributed by atoms with Crippen LogP contribution in [0.4, 0.5) is 0 Å². The first kappa shape index (κ1) is 16.8. The van der Waals surface area contributed by atoms with Crippen LogP contribution in [0.25, 0.3) is 16.6 Å². The Kier molecular flexibility index (Phi) is 4.08. The molecule has 3 aromatic heterocycles. The van der Waals surface area contributed by atoms with Gasteiger partial charge < -0.3 is 15.0 Å². The number of carbonyl (C=O) groups is 1. The molecule has 1 aromatic carbocycles. The van der Waals surface area contributed by atoms with Gasteiger partial charge in [0.25, 0.3) is 5.91 Å². The summed E-state index contributed by atoms with van der Waals surface area (Å²) >= 11 is 0. The Hall–Kier alpha value is -3.68. The highest BCUT2D eigenvalue weighted by atomic mass is 16.5. The van der Waals surface area contributed by atoms with Crippen LogP contribution in [0.3, 0.4) is 0 Å². The van der Waals surface area contributed by atoms with E-state index in [0.717, 1.165) is 0 Å². The number of pyridine rings is 2. The molecule has 0 radical (unpaired) electrons. The Labute approximate surface area is 153 Å². The molecule has 3 heterocycles. The van der Waals surface area contributed by atoms with Crippen LogP contribution in [0.5, 0.6) is 5.75 Å². The number of nitrogens with zero attached hydrogens (tertiary/aromatic N) is 3. The van der Waals surface area contributed by atoms with Gasteiger partial charge in [0, 0.05) is 23.3 Å². The fraction of sp³-hybridized carbons (Fsp3) is 0.158. The summed E-state index contributed by atoms with van der Waals surface area (Å²) in [7, 11) is 1.52. The molecule has 2 N–H and O–H groups in total. The zero-order chi connectivity index (χ0) is 19.0. The van der Waals surface area contributed by atoms with E-state index in [1.165, 1.54) is 13.3 Å². The van der Waals surface area contributed by atoms with E-state index in [2.05, 4.69) is 20.5 Å². The molecule has 0 bridgehead atoms. The molecule has 8 nitrogen and oxygen atoms in total. The number of benzene rings is 1. The summed E-state index contributed by atoms with van der Waals surface area (Å²) in [6, 6.07) is 10.2.